The summed E-state index contributed by atoms with van der Waals surface area (Å²) in [6.45, 7) is 3.37. The predicted octanol–water partition coefficient (Wildman–Crippen LogP) is 6.69. The fourth-order valence-electron chi connectivity index (χ4n) is 3.95. The Morgan fingerprint density at radius 2 is 1.68 bits per heavy atom. The number of nitrogens with one attached hydrogen (secondary N) is 2. The van der Waals surface area contributed by atoms with Gasteiger partial charge in [0, 0.05) is 33.2 Å². The summed E-state index contributed by atoms with van der Waals surface area (Å²) in [7, 11) is 0. The minimum Gasteiger partial charge on any atom is -0.480 e. The molecule has 0 aliphatic rings. The van der Waals surface area contributed by atoms with E-state index in [-0.39, 0.29) is 17.7 Å². The number of amides is 2. The Bertz CT molecular complexity index is 1520. The molecule has 3 aromatic carbocycles. The van der Waals surface area contributed by atoms with E-state index in [9.17, 15) is 19.5 Å². The predicted molar refractivity (Wildman–Crippen MR) is 151 cm³/mol. The first-order valence-corrected chi connectivity index (χ1v) is 12.9. The molecule has 0 saturated heterocycles. The van der Waals surface area contributed by atoms with E-state index in [4.69, 9.17) is 32.5 Å². The van der Waals surface area contributed by atoms with Gasteiger partial charge in [-0.15, -0.1) is 0 Å². The van der Waals surface area contributed by atoms with E-state index < -0.39 is 30.1 Å². The Balaban J connectivity index is 1.43. The summed E-state index contributed by atoms with van der Waals surface area (Å²) < 4.78 is 10.9. The Labute approximate surface area is 240 Å². The van der Waals surface area contributed by atoms with Crippen LogP contribution in [-0.4, -0.2) is 34.3 Å². The van der Waals surface area contributed by atoms with Gasteiger partial charge in [0.05, 0.1) is 0 Å². The van der Waals surface area contributed by atoms with Crippen molar-refractivity contribution in [3.63, 3.8) is 0 Å². The summed E-state index contributed by atoms with van der Waals surface area (Å²) in [5, 5.41) is 19.8. The smallest absolute Gasteiger partial charge is 0.412 e. The third-order valence-corrected chi connectivity index (χ3v) is 6.68. The third kappa shape index (κ3) is 6.99. The molecule has 11 heteroatoms. The first kappa shape index (κ1) is 28.7. The van der Waals surface area contributed by atoms with Gasteiger partial charge in [-0.3, -0.25) is 10.1 Å². The molecule has 4 aromatic rings. The number of carbonyl (C=O) groups excluding carboxylic acids is 2. The van der Waals surface area contributed by atoms with Gasteiger partial charge in [-0.05, 0) is 49.7 Å². The van der Waals surface area contributed by atoms with Gasteiger partial charge in [-0.2, -0.15) is 0 Å². The molecule has 0 aliphatic heterocycles. The maximum absolute atomic E-state index is 12.8. The maximum Gasteiger partial charge on any atom is 0.412 e. The molecule has 1 heterocycles. The number of anilines is 1. The number of hydrogen-bond donors (Lipinski definition) is 3. The molecule has 3 N–H and O–H groups in total. The van der Waals surface area contributed by atoms with Crippen LogP contribution in [0, 0.1) is 6.92 Å². The summed E-state index contributed by atoms with van der Waals surface area (Å²) >= 11 is 12.1. The highest BCUT2D eigenvalue weighted by Crippen LogP contribution is 2.32. The number of aryl methyl sites for hydroxylation is 1. The normalized spacial score (nSPS) is 12.3. The van der Waals surface area contributed by atoms with Crippen molar-refractivity contribution in [2.24, 2.45) is 0 Å². The van der Waals surface area contributed by atoms with E-state index in [0.29, 0.717) is 38.1 Å². The highest BCUT2D eigenvalue weighted by atomic mass is 35.5. The van der Waals surface area contributed by atoms with Crippen LogP contribution < -0.4 is 10.6 Å². The molecule has 0 saturated carbocycles. The van der Waals surface area contributed by atoms with Crippen LogP contribution in [0.3, 0.4) is 0 Å². The molecule has 0 spiro atoms. The van der Waals surface area contributed by atoms with Crippen molar-refractivity contribution < 1.29 is 28.8 Å². The molecule has 0 aliphatic carbocycles. The maximum atomic E-state index is 12.8. The van der Waals surface area contributed by atoms with Crippen molar-refractivity contribution >= 4 is 46.9 Å². The standard InChI is InChI=1S/C29H25Cl2N3O6/c1-16-25(33-29(38)39-17(2)22-5-3-4-6-23(22)31)26(40-34-16)19-9-11-20(12-10-19)27(35)32-24(28(36)37)15-18-7-13-21(30)14-8-18/h3-14,17,24H,15H2,1-2H3,(H,32,35)(H,33,38)(H,36,37). The topological polar surface area (TPSA) is 131 Å². The lowest BCUT2D eigenvalue weighted by Gasteiger charge is -2.16. The number of nitrogens with zero attached hydrogens (tertiary/aromatic N) is 1. The number of ether oxygens (including phenoxy) is 1. The SMILES string of the molecule is Cc1noc(-c2ccc(C(=O)NC(Cc3ccc(Cl)cc3)C(=O)O)cc2)c1NC(=O)OC(C)c1ccccc1Cl. The van der Waals surface area contributed by atoms with Gasteiger partial charge in [0.1, 0.15) is 23.5 Å². The van der Waals surface area contributed by atoms with Crippen LogP contribution in [0.2, 0.25) is 10.0 Å². The number of carboxylic acids is 1. The van der Waals surface area contributed by atoms with E-state index in [1.165, 1.54) is 12.1 Å². The molecule has 0 bridgehead atoms. The molecule has 2 unspecified atom stereocenters. The summed E-state index contributed by atoms with van der Waals surface area (Å²) in [4.78, 5) is 37.2. The van der Waals surface area contributed by atoms with Gasteiger partial charge < -0.3 is 19.7 Å². The molecule has 9 nitrogen and oxygen atoms in total. The van der Waals surface area contributed by atoms with Gasteiger partial charge in [0.25, 0.3) is 5.91 Å². The Morgan fingerprint density at radius 3 is 2.33 bits per heavy atom. The Hall–Kier alpha value is -4.34. The lowest BCUT2D eigenvalue weighted by Crippen LogP contribution is -2.42. The largest absolute Gasteiger partial charge is 0.480 e. The van der Waals surface area contributed by atoms with Crippen LogP contribution in [0.5, 0.6) is 0 Å². The number of aliphatic carboxylic acids is 1. The Morgan fingerprint density at radius 1 is 1.00 bits per heavy atom. The van der Waals surface area contributed by atoms with Crippen molar-refractivity contribution in [1.82, 2.24) is 10.5 Å². The highest BCUT2D eigenvalue weighted by molar-refractivity contribution is 6.31. The molecule has 1 aromatic heterocycles. The van der Waals surface area contributed by atoms with Gasteiger partial charge in [-0.1, -0.05) is 70.8 Å². The molecule has 4 rings (SSSR count). The van der Waals surface area contributed by atoms with Crippen molar-refractivity contribution in [2.45, 2.75) is 32.4 Å². The first-order valence-electron chi connectivity index (χ1n) is 12.2. The molecule has 40 heavy (non-hydrogen) atoms. The number of halogens is 2. The van der Waals surface area contributed by atoms with Crippen LogP contribution in [0.15, 0.2) is 77.3 Å². The zero-order chi connectivity index (χ0) is 28.8. The van der Waals surface area contributed by atoms with Gasteiger partial charge in [-0.25, -0.2) is 9.59 Å². The number of carboxylic acid groups (broad SMARTS) is 1. The summed E-state index contributed by atoms with van der Waals surface area (Å²) in [5.74, 6) is -1.46. The van der Waals surface area contributed by atoms with E-state index in [0.717, 1.165) is 0 Å². The van der Waals surface area contributed by atoms with E-state index in [2.05, 4.69) is 15.8 Å². The molecule has 0 radical (unpaired) electrons. The van der Waals surface area contributed by atoms with E-state index >= 15 is 0 Å². The lowest BCUT2D eigenvalue weighted by molar-refractivity contribution is -0.139. The van der Waals surface area contributed by atoms with Crippen LogP contribution in [0.1, 0.15) is 40.2 Å². The number of benzene rings is 3. The minimum atomic E-state index is -1.16. The second kappa shape index (κ2) is 12.7. The molecule has 2 amide bonds. The first-order chi connectivity index (χ1) is 19.1. The number of rotatable bonds is 9. The van der Waals surface area contributed by atoms with Gasteiger partial charge in [0.15, 0.2) is 5.76 Å². The second-order valence-corrected chi connectivity index (χ2v) is 9.78. The van der Waals surface area contributed by atoms with Crippen LogP contribution in [0.4, 0.5) is 10.5 Å². The average Bonchev–Trinajstić information content (AvgIpc) is 3.29. The molecule has 0 fully saturated rings. The third-order valence-electron chi connectivity index (χ3n) is 6.08. The highest BCUT2D eigenvalue weighted by Gasteiger charge is 2.23. The van der Waals surface area contributed by atoms with Crippen LogP contribution in [-0.2, 0) is 16.0 Å². The Kier molecular flexibility index (Phi) is 9.08. The number of aromatic nitrogens is 1. The molecule has 2 atom stereocenters. The fraction of sp³-hybridized carbons (Fsp3) is 0.172. The summed E-state index contributed by atoms with van der Waals surface area (Å²) in [6.07, 6.45) is -1.24. The van der Waals surface area contributed by atoms with Gasteiger partial charge >= 0.3 is 12.1 Å². The molecule has 206 valence electrons. The molecular weight excluding hydrogens is 557 g/mol. The average molecular weight is 582 g/mol. The van der Waals surface area contributed by atoms with Gasteiger partial charge in [0.2, 0.25) is 0 Å². The minimum absolute atomic E-state index is 0.0912. The van der Waals surface area contributed by atoms with Crippen molar-refractivity contribution in [1.29, 1.82) is 0 Å². The van der Waals surface area contributed by atoms with Crippen LogP contribution >= 0.6 is 23.2 Å². The van der Waals surface area contributed by atoms with Crippen LogP contribution in [0.25, 0.3) is 11.3 Å². The summed E-state index contributed by atoms with van der Waals surface area (Å²) in [5.41, 5.74) is 2.88. The van der Waals surface area contributed by atoms with E-state index in [1.807, 2.05) is 0 Å². The molecular formula is C29H25Cl2N3O6. The fourth-order valence-corrected chi connectivity index (χ4v) is 4.36. The quantitative estimate of drug-likeness (QED) is 0.200. The summed E-state index contributed by atoms with van der Waals surface area (Å²) in [6, 6.07) is 18.9. The van der Waals surface area contributed by atoms with E-state index in [1.54, 1.807) is 74.5 Å². The van der Waals surface area contributed by atoms with Crippen molar-refractivity contribution in [3.8, 4) is 11.3 Å². The number of carbonyl (C=O) groups is 3. The number of hydrogen-bond acceptors (Lipinski definition) is 6. The van der Waals surface area contributed by atoms with Crippen molar-refractivity contribution in [3.05, 3.63) is 105 Å². The van der Waals surface area contributed by atoms with Crippen molar-refractivity contribution in [2.75, 3.05) is 5.32 Å². The zero-order valence-corrected chi connectivity index (χ0v) is 23.0. The second-order valence-electron chi connectivity index (χ2n) is 8.94. The monoisotopic (exact) mass is 581 g/mol. The lowest BCUT2D eigenvalue weighted by atomic mass is 10.0. The zero-order valence-electron chi connectivity index (χ0n) is 21.5.